The van der Waals surface area contributed by atoms with Crippen LogP contribution in [0.1, 0.15) is 43.9 Å². The number of non-ortho nitro benzene ring substituents is 1. The summed E-state index contributed by atoms with van der Waals surface area (Å²) < 4.78 is 18.4. The van der Waals surface area contributed by atoms with E-state index in [2.05, 4.69) is 9.97 Å². The molecule has 0 aliphatic carbocycles. The summed E-state index contributed by atoms with van der Waals surface area (Å²) in [6.45, 7) is 3.82. The van der Waals surface area contributed by atoms with Crippen molar-refractivity contribution in [3.05, 3.63) is 107 Å². The first-order chi connectivity index (χ1) is 21.8. The molecule has 0 fully saturated rings. The van der Waals surface area contributed by atoms with E-state index in [0.29, 0.717) is 56.0 Å². The molecular formula is C31H29N5O7S2. The number of hydrogen-bond acceptors (Lipinski definition) is 12. The van der Waals surface area contributed by atoms with Gasteiger partial charge in [0.2, 0.25) is 0 Å². The highest BCUT2D eigenvalue weighted by Crippen LogP contribution is 2.39. The fraction of sp³-hybridized carbons (Fsp3) is 0.258. The van der Waals surface area contributed by atoms with E-state index < -0.39 is 22.5 Å². The fourth-order valence-electron chi connectivity index (χ4n) is 4.90. The number of nitro benzene ring substituents is 1. The molecule has 0 saturated carbocycles. The van der Waals surface area contributed by atoms with Crippen molar-refractivity contribution in [2.45, 2.75) is 42.8 Å². The molecule has 1 atom stereocenters. The van der Waals surface area contributed by atoms with Crippen molar-refractivity contribution < 1.29 is 23.9 Å². The second-order valence-corrected chi connectivity index (χ2v) is 11.7. The Morgan fingerprint density at radius 3 is 2.58 bits per heavy atom. The number of esters is 1. The number of methoxy groups -OCH3 is 2. The van der Waals surface area contributed by atoms with E-state index in [1.165, 1.54) is 42.7 Å². The van der Waals surface area contributed by atoms with Gasteiger partial charge in [-0.25, -0.2) is 19.8 Å². The maximum atomic E-state index is 14.3. The number of carbonyl (C=O) groups excluding carboxylic acids is 1. The monoisotopic (exact) mass is 647 g/mol. The number of aromatic nitrogens is 3. The minimum atomic E-state index is -0.939. The van der Waals surface area contributed by atoms with Crippen LogP contribution in [0.25, 0.3) is 6.08 Å². The van der Waals surface area contributed by atoms with Crippen molar-refractivity contribution in [1.82, 2.24) is 14.5 Å². The van der Waals surface area contributed by atoms with E-state index in [9.17, 15) is 19.7 Å². The van der Waals surface area contributed by atoms with Crippen LogP contribution in [-0.4, -0.2) is 46.3 Å². The first-order valence-corrected chi connectivity index (χ1v) is 15.6. The van der Waals surface area contributed by atoms with Crippen LogP contribution in [0.15, 0.2) is 86.0 Å². The van der Waals surface area contributed by atoms with Crippen LogP contribution in [0.2, 0.25) is 0 Å². The van der Waals surface area contributed by atoms with Gasteiger partial charge in [-0.05, 0) is 67.1 Å². The molecule has 0 unspecified atom stereocenters. The standard InChI is InChI=1S/C31H29N5O7S2/c1-5-8-22-26(29(38)43-6-2)27(21-17-20(41-3)10-11-23(21)42-4)35-28(37)25(45-31(35)34-22)16-18-15-19(36(39)40)9-12-24(18)44-30-32-13-7-14-33-30/h7,9-17,27H,5-6,8H2,1-4H3/b25-16-/t27-/m1/s1. The molecule has 0 saturated heterocycles. The molecule has 0 amide bonds. The molecule has 14 heteroatoms. The fourth-order valence-corrected chi connectivity index (χ4v) is 6.71. The summed E-state index contributed by atoms with van der Waals surface area (Å²) in [5.74, 6) is 0.357. The Kier molecular flexibility index (Phi) is 9.74. The molecule has 1 aliphatic rings. The van der Waals surface area contributed by atoms with Gasteiger partial charge in [0.25, 0.3) is 11.2 Å². The maximum Gasteiger partial charge on any atom is 0.338 e. The van der Waals surface area contributed by atoms with Gasteiger partial charge in [-0.3, -0.25) is 19.5 Å². The van der Waals surface area contributed by atoms with Crippen LogP contribution in [0.4, 0.5) is 5.69 Å². The molecular weight excluding hydrogens is 619 g/mol. The summed E-state index contributed by atoms with van der Waals surface area (Å²) in [6, 6.07) is 10.3. The number of allylic oxidation sites excluding steroid dienone is 1. The van der Waals surface area contributed by atoms with Crippen LogP contribution < -0.4 is 24.4 Å². The van der Waals surface area contributed by atoms with Gasteiger partial charge < -0.3 is 14.2 Å². The molecule has 5 rings (SSSR count). The van der Waals surface area contributed by atoms with Gasteiger partial charge >= 0.3 is 5.97 Å². The van der Waals surface area contributed by atoms with E-state index in [4.69, 9.17) is 19.2 Å². The van der Waals surface area contributed by atoms with Crippen molar-refractivity contribution in [3.63, 3.8) is 0 Å². The molecule has 4 aromatic rings. The summed E-state index contributed by atoms with van der Waals surface area (Å²) >= 11 is 2.34. The lowest BCUT2D eigenvalue weighted by atomic mass is 9.93. The Balaban J connectivity index is 1.79. The molecule has 2 aromatic heterocycles. The van der Waals surface area contributed by atoms with Crippen molar-refractivity contribution in [3.8, 4) is 11.5 Å². The van der Waals surface area contributed by atoms with E-state index in [1.54, 1.807) is 55.7 Å². The van der Waals surface area contributed by atoms with Crippen molar-refractivity contribution >= 4 is 40.8 Å². The lowest BCUT2D eigenvalue weighted by Gasteiger charge is -2.27. The van der Waals surface area contributed by atoms with Crippen molar-refractivity contribution in [1.29, 1.82) is 0 Å². The number of benzene rings is 2. The van der Waals surface area contributed by atoms with Gasteiger partial charge in [0, 0.05) is 35.0 Å². The number of ether oxygens (including phenoxy) is 3. The van der Waals surface area contributed by atoms with Crippen molar-refractivity contribution in [2.75, 3.05) is 20.8 Å². The zero-order valence-corrected chi connectivity index (χ0v) is 26.5. The van der Waals surface area contributed by atoms with Gasteiger partial charge in [-0.2, -0.15) is 0 Å². The number of fused-ring (bicyclic) bond motifs is 1. The third-order valence-corrected chi connectivity index (χ3v) is 8.83. The molecule has 0 radical (unpaired) electrons. The highest BCUT2D eigenvalue weighted by atomic mass is 32.2. The Morgan fingerprint density at radius 1 is 1.13 bits per heavy atom. The highest BCUT2D eigenvalue weighted by molar-refractivity contribution is 7.99. The largest absolute Gasteiger partial charge is 0.497 e. The number of nitrogens with zero attached hydrogens (tertiary/aromatic N) is 5. The minimum Gasteiger partial charge on any atom is -0.497 e. The van der Waals surface area contributed by atoms with Gasteiger partial charge in [0.05, 0.1) is 41.6 Å². The summed E-state index contributed by atoms with van der Waals surface area (Å²) in [4.78, 5) is 53.3. The zero-order valence-electron chi connectivity index (χ0n) is 24.9. The third-order valence-electron chi connectivity index (χ3n) is 6.86. The molecule has 2 aromatic carbocycles. The van der Waals surface area contributed by atoms with Crippen LogP contribution in [-0.2, 0) is 9.53 Å². The number of rotatable bonds is 11. The quantitative estimate of drug-likeness (QED) is 0.0990. The Morgan fingerprint density at radius 2 is 1.91 bits per heavy atom. The van der Waals surface area contributed by atoms with Gasteiger partial charge in [-0.1, -0.05) is 24.7 Å². The summed E-state index contributed by atoms with van der Waals surface area (Å²) in [6.07, 6.45) is 5.94. The number of nitro groups is 1. The Labute approximate surface area is 265 Å². The van der Waals surface area contributed by atoms with Gasteiger partial charge in [-0.15, -0.1) is 0 Å². The van der Waals surface area contributed by atoms with Crippen molar-refractivity contribution in [2.24, 2.45) is 4.99 Å². The summed E-state index contributed by atoms with van der Waals surface area (Å²) in [5, 5.41) is 12.1. The smallest absolute Gasteiger partial charge is 0.338 e. The Hall–Kier alpha value is -4.82. The molecule has 0 bridgehead atoms. The van der Waals surface area contributed by atoms with E-state index in [-0.39, 0.29) is 22.4 Å². The molecule has 232 valence electrons. The first kappa shape index (κ1) is 31.6. The Bertz CT molecular complexity index is 1970. The van der Waals surface area contributed by atoms with Gasteiger partial charge in [0.1, 0.15) is 17.5 Å². The predicted octanol–water partition coefficient (Wildman–Crippen LogP) is 4.45. The van der Waals surface area contributed by atoms with Gasteiger partial charge in [0.15, 0.2) is 9.96 Å². The maximum absolute atomic E-state index is 14.3. The second kappa shape index (κ2) is 13.9. The number of carbonyl (C=O) groups is 1. The number of thiazole rings is 1. The molecule has 12 nitrogen and oxygen atoms in total. The third kappa shape index (κ3) is 6.51. The zero-order chi connectivity index (χ0) is 32.1. The molecule has 0 N–H and O–H groups in total. The summed E-state index contributed by atoms with van der Waals surface area (Å²) in [7, 11) is 3.03. The number of hydrogen-bond donors (Lipinski definition) is 0. The highest BCUT2D eigenvalue weighted by Gasteiger charge is 2.36. The minimum absolute atomic E-state index is 0.131. The van der Waals surface area contributed by atoms with E-state index in [0.717, 1.165) is 11.3 Å². The van der Waals surface area contributed by atoms with Crippen LogP contribution in [0, 0.1) is 10.1 Å². The second-order valence-electron chi connectivity index (χ2n) is 9.63. The van der Waals surface area contributed by atoms with Crippen LogP contribution in [0.5, 0.6) is 11.5 Å². The first-order valence-electron chi connectivity index (χ1n) is 14.0. The molecule has 45 heavy (non-hydrogen) atoms. The van der Waals surface area contributed by atoms with E-state index >= 15 is 0 Å². The molecule has 1 aliphatic heterocycles. The average Bonchev–Trinajstić information content (AvgIpc) is 3.35. The molecule has 0 spiro atoms. The lowest BCUT2D eigenvalue weighted by molar-refractivity contribution is -0.384. The topological polar surface area (TPSA) is 148 Å². The summed E-state index contributed by atoms with van der Waals surface area (Å²) in [5.41, 5.74) is 1.11. The predicted molar refractivity (Wildman–Crippen MR) is 168 cm³/mol. The average molecular weight is 648 g/mol. The SMILES string of the molecule is CCCC1=C(C(=O)OCC)[C@@H](c2cc(OC)ccc2OC)n2c(s/c(=C\c3cc([N+](=O)[O-])ccc3Sc3ncccn3)c2=O)=N1. The van der Waals surface area contributed by atoms with Crippen LogP contribution in [0.3, 0.4) is 0 Å². The van der Waals surface area contributed by atoms with E-state index in [1.807, 2.05) is 6.92 Å². The molecule has 3 heterocycles. The van der Waals surface area contributed by atoms with Crippen LogP contribution >= 0.6 is 23.1 Å². The normalized spacial score (nSPS) is 14.5. The lowest BCUT2D eigenvalue weighted by Crippen LogP contribution is -2.40.